The van der Waals surface area contributed by atoms with Crippen LogP contribution < -0.4 is 4.74 Å². The number of hydrogen-bond acceptors (Lipinski definition) is 3. The predicted molar refractivity (Wildman–Crippen MR) is 83.0 cm³/mol. The number of carboxylic acid groups (broad SMARTS) is 1. The number of carbonyl (C=O) groups is 2. The van der Waals surface area contributed by atoms with E-state index in [0.29, 0.717) is 18.7 Å². The van der Waals surface area contributed by atoms with Crippen LogP contribution >= 0.6 is 0 Å². The quantitative estimate of drug-likeness (QED) is 0.928. The highest BCUT2D eigenvalue weighted by Gasteiger charge is 2.33. The van der Waals surface area contributed by atoms with Crippen LogP contribution in [0.25, 0.3) is 0 Å². The average Bonchev–Trinajstić information content (AvgIpc) is 2.94. The first-order valence-corrected chi connectivity index (χ1v) is 7.54. The molecule has 1 fully saturated rings. The van der Waals surface area contributed by atoms with Crippen LogP contribution in [0, 0.1) is 0 Å². The minimum absolute atomic E-state index is 0.0681. The lowest BCUT2D eigenvalue weighted by molar-refractivity contribution is -0.148. The Labute approximate surface area is 130 Å². The van der Waals surface area contributed by atoms with Crippen LogP contribution in [-0.2, 0) is 15.0 Å². The standard InChI is InChI=1S/C17H23NO4/c1-17(2,3)12-6-8-13(9-7-12)22-11-15(19)18-10-4-5-14(18)16(20)21/h6-9,14H,4-5,10-11H2,1-3H3,(H,20,21). The highest BCUT2D eigenvalue weighted by Crippen LogP contribution is 2.24. The molecule has 0 saturated carbocycles. The highest BCUT2D eigenvalue weighted by molar-refractivity contribution is 5.85. The number of aliphatic carboxylic acids is 1. The number of hydrogen-bond donors (Lipinski definition) is 1. The molecule has 1 amide bonds. The fraction of sp³-hybridized carbons (Fsp3) is 0.529. The molecule has 2 rings (SSSR count). The van der Waals surface area contributed by atoms with E-state index in [4.69, 9.17) is 9.84 Å². The molecule has 22 heavy (non-hydrogen) atoms. The fourth-order valence-electron chi connectivity index (χ4n) is 2.60. The maximum absolute atomic E-state index is 12.1. The first-order chi connectivity index (χ1) is 10.3. The fourth-order valence-corrected chi connectivity index (χ4v) is 2.60. The van der Waals surface area contributed by atoms with Crippen LogP contribution in [-0.4, -0.2) is 41.1 Å². The van der Waals surface area contributed by atoms with Gasteiger partial charge in [-0.3, -0.25) is 4.79 Å². The van der Waals surface area contributed by atoms with E-state index in [-0.39, 0.29) is 17.9 Å². The Morgan fingerprint density at radius 1 is 1.27 bits per heavy atom. The van der Waals surface area contributed by atoms with Crippen LogP contribution in [0.5, 0.6) is 5.75 Å². The number of carboxylic acids is 1. The van der Waals surface area contributed by atoms with Gasteiger partial charge in [-0.25, -0.2) is 4.79 Å². The molecule has 1 aliphatic rings. The summed E-state index contributed by atoms with van der Waals surface area (Å²) in [6, 6.07) is 6.93. The zero-order valence-electron chi connectivity index (χ0n) is 13.3. The maximum atomic E-state index is 12.1. The molecule has 0 bridgehead atoms. The van der Waals surface area contributed by atoms with Gasteiger partial charge in [0.1, 0.15) is 11.8 Å². The Morgan fingerprint density at radius 2 is 1.91 bits per heavy atom. The van der Waals surface area contributed by atoms with Gasteiger partial charge < -0.3 is 14.7 Å². The first-order valence-electron chi connectivity index (χ1n) is 7.54. The summed E-state index contributed by atoms with van der Waals surface area (Å²) in [6.07, 6.45) is 1.24. The van der Waals surface area contributed by atoms with Gasteiger partial charge in [-0.1, -0.05) is 32.9 Å². The number of benzene rings is 1. The Bertz CT molecular complexity index is 545. The van der Waals surface area contributed by atoms with E-state index in [1.165, 1.54) is 10.5 Å². The molecule has 1 atom stereocenters. The van der Waals surface area contributed by atoms with Gasteiger partial charge in [0.05, 0.1) is 0 Å². The lowest BCUT2D eigenvalue weighted by Crippen LogP contribution is -2.42. The number of ether oxygens (including phenoxy) is 1. The van der Waals surface area contributed by atoms with Crippen LogP contribution in [0.15, 0.2) is 24.3 Å². The lowest BCUT2D eigenvalue weighted by Gasteiger charge is -2.22. The molecule has 0 aromatic heterocycles. The van der Waals surface area contributed by atoms with Gasteiger partial charge in [0.25, 0.3) is 5.91 Å². The molecule has 5 heteroatoms. The third-order valence-electron chi connectivity index (χ3n) is 3.94. The molecule has 1 N–H and O–H groups in total. The van der Waals surface area contributed by atoms with Gasteiger partial charge in [-0.2, -0.15) is 0 Å². The van der Waals surface area contributed by atoms with Crippen molar-refractivity contribution < 1.29 is 19.4 Å². The number of amides is 1. The van der Waals surface area contributed by atoms with Crippen molar-refractivity contribution in [2.45, 2.75) is 45.1 Å². The number of rotatable bonds is 4. The molecule has 1 heterocycles. The van der Waals surface area contributed by atoms with Crippen molar-refractivity contribution in [2.75, 3.05) is 13.2 Å². The summed E-state index contributed by atoms with van der Waals surface area (Å²) in [5.41, 5.74) is 1.26. The van der Waals surface area contributed by atoms with E-state index >= 15 is 0 Å². The van der Waals surface area contributed by atoms with Crippen molar-refractivity contribution in [1.29, 1.82) is 0 Å². The van der Waals surface area contributed by atoms with Crippen molar-refractivity contribution in [1.82, 2.24) is 4.90 Å². The molecule has 1 unspecified atom stereocenters. The Kier molecular flexibility index (Phi) is 4.74. The second-order valence-corrected chi connectivity index (χ2v) is 6.65. The minimum Gasteiger partial charge on any atom is -0.484 e. The predicted octanol–water partition coefficient (Wildman–Crippen LogP) is 2.44. The van der Waals surface area contributed by atoms with Gasteiger partial charge >= 0.3 is 5.97 Å². The van der Waals surface area contributed by atoms with Crippen molar-refractivity contribution in [3.63, 3.8) is 0 Å². The molecule has 1 aromatic rings. The molecule has 0 aliphatic carbocycles. The van der Waals surface area contributed by atoms with Crippen molar-refractivity contribution in [2.24, 2.45) is 0 Å². The third kappa shape index (κ3) is 3.78. The molecule has 1 aliphatic heterocycles. The normalized spacial score (nSPS) is 18.3. The van der Waals surface area contributed by atoms with E-state index in [1.807, 2.05) is 24.3 Å². The van der Waals surface area contributed by atoms with Gasteiger partial charge in [0.15, 0.2) is 6.61 Å². The zero-order valence-corrected chi connectivity index (χ0v) is 13.3. The number of carbonyl (C=O) groups excluding carboxylic acids is 1. The summed E-state index contributed by atoms with van der Waals surface area (Å²) in [5, 5.41) is 9.09. The molecular formula is C17H23NO4. The van der Waals surface area contributed by atoms with E-state index in [2.05, 4.69) is 20.8 Å². The molecule has 0 spiro atoms. The third-order valence-corrected chi connectivity index (χ3v) is 3.94. The summed E-state index contributed by atoms with van der Waals surface area (Å²) in [7, 11) is 0. The smallest absolute Gasteiger partial charge is 0.326 e. The largest absolute Gasteiger partial charge is 0.484 e. The van der Waals surface area contributed by atoms with Crippen LogP contribution in [0.1, 0.15) is 39.2 Å². The first kappa shape index (κ1) is 16.3. The number of nitrogens with zero attached hydrogens (tertiary/aromatic N) is 1. The van der Waals surface area contributed by atoms with Crippen molar-refractivity contribution in [3.8, 4) is 5.75 Å². The van der Waals surface area contributed by atoms with Gasteiger partial charge in [-0.05, 0) is 36.0 Å². The van der Waals surface area contributed by atoms with E-state index in [1.54, 1.807) is 0 Å². The molecule has 0 radical (unpaired) electrons. The Balaban J connectivity index is 1.92. The van der Waals surface area contributed by atoms with E-state index < -0.39 is 12.0 Å². The van der Waals surface area contributed by atoms with Crippen LogP contribution in [0.2, 0.25) is 0 Å². The zero-order chi connectivity index (χ0) is 16.3. The molecule has 120 valence electrons. The Morgan fingerprint density at radius 3 is 2.45 bits per heavy atom. The molecule has 1 saturated heterocycles. The van der Waals surface area contributed by atoms with Crippen LogP contribution in [0.3, 0.4) is 0 Å². The molecule has 5 nitrogen and oxygen atoms in total. The van der Waals surface area contributed by atoms with Gasteiger partial charge in [0.2, 0.25) is 0 Å². The van der Waals surface area contributed by atoms with E-state index in [9.17, 15) is 9.59 Å². The van der Waals surface area contributed by atoms with Gasteiger partial charge in [0, 0.05) is 6.54 Å². The summed E-state index contributed by atoms with van der Waals surface area (Å²) in [4.78, 5) is 24.6. The average molecular weight is 305 g/mol. The highest BCUT2D eigenvalue weighted by atomic mass is 16.5. The monoisotopic (exact) mass is 305 g/mol. The summed E-state index contributed by atoms with van der Waals surface area (Å²) in [6.45, 7) is 6.75. The summed E-state index contributed by atoms with van der Waals surface area (Å²) in [5.74, 6) is -0.599. The molecular weight excluding hydrogens is 282 g/mol. The SMILES string of the molecule is CC(C)(C)c1ccc(OCC(=O)N2CCCC2C(=O)O)cc1. The van der Waals surface area contributed by atoms with Crippen LogP contribution in [0.4, 0.5) is 0 Å². The topological polar surface area (TPSA) is 66.8 Å². The summed E-state index contributed by atoms with van der Waals surface area (Å²) >= 11 is 0. The summed E-state index contributed by atoms with van der Waals surface area (Å²) < 4.78 is 5.49. The maximum Gasteiger partial charge on any atom is 0.326 e. The Hall–Kier alpha value is -2.04. The second-order valence-electron chi connectivity index (χ2n) is 6.65. The number of likely N-dealkylation sites (tertiary alicyclic amines) is 1. The van der Waals surface area contributed by atoms with Gasteiger partial charge in [-0.15, -0.1) is 0 Å². The molecule has 1 aromatic carbocycles. The lowest BCUT2D eigenvalue weighted by atomic mass is 9.87. The van der Waals surface area contributed by atoms with E-state index in [0.717, 1.165) is 6.42 Å². The minimum atomic E-state index is -0.944. The van der Waals surface area contributed by atoms with Crippen molar-refractivity contribution >= 4 is 11.9 Å². The second kappa shape index (κ2) is 6.38. The van der Waals surface area contributed by atoms with Crippen molar-refractivity contribution in [3.05, 3.63) is 29.8 Å².